The molecule has 16 heavy (non-hydrogen) atoms. The van der Waals surface area contributed by atoms with E-state index in [9.17, 15) is 5.11 Å². The Morgan fingerprint density at radius 3 is 1.50 bits per heavy atom. The van der Waals surface area contributed by atoms with E-state index in [0.717, 1.165) is 39.3 Å². The van der Waals surface area contributed by atoms with Crippen molar-refractivity contribution in [3.8, 4) is 0 Å². The first-order valence-electron chi connectivity index (χ1n) is 6.56. The van der Waals surface area contributed by atoms with Crippen molar-refractivity contribution in [3.05, 3.63) is 0 Å². The van der Waals surface area contributed by atoms with Gasteiger partial charge in [0.15, 0.2) is 0 Å². The molecule has 2 heterocycles. The Balaban J connectivity index is 2.26. The average molecular weight is 226 g/mol. The third kappa shape index (κ3) is 1.79. The number of hydrogen-bond acceptors (Lipinski definition) is 3. The van der Waals surface area contributed by atoms with Gasteiger partial charge in [0.2, 0.25) is 0 Å². The van der Waals surface area contributed by atoms with Gasteiger partial charge in [0, 0.05) is 37.0 Å². The maximum Gasteiger partial charge on any atom is 0.0696 e. The molecule has 94 valence electrons. The summed E-state index contributed by atoms with van der Waals surface area (Å²) in [7, 11) is 0. The van der Waals surface area contributed by atoms with Crippen LogP contribution >= 0.6 is 0 Å². The van der Waals surface area contributed by atoms with Crippen LogP contribution in [0.15, 0.2) is 0 Å². The highest BCUT2D eigenvalue weighted by Crippen LogP contribution is 2.45. The summed E-state index contributed by atoms with van der Waals surface area (Å²) < 4.78 is 0. The van der Waals surface area contributed by atoms with Crippen LogP contribution in [-0.2, 0) is 0 Å². The van der Waals surface area contributed by atoms with Gasteiger partial charge in [-0.25, -0.2) is 0 Å². The second-order valence-corrected chi connectivity index (χ2v) is 6.32. The Morgan fingerprint density at radius 2 is 1.25 bits per heavy atom. The van der Waals surface area contributed by atoms with Crippen LogP contribution in [0.3, 0.4) is 0 Å². The summed E-state index contributed by atoms with van der Waals surface area (Å²) in [6.45, 7) is 15.3. The number of fused-ring (bicyclic) bond motifs is 2. The Morgan fingerprint density at radius 1 is 0.938 bits per heavy atom. The fourth-order valence-corrected chi connectivity index (χ4v) is 3.89. The lowest BCUT2D eigenvalue weighted by molar-refractivity contribution is -0.172. The van der Waals surface area contributed by atoms with E-state index in [2.05, 4.69) is 37.5 Å². The molecule has 0 radical (unpaired) electrons. The molecule has 2 aliphatic heterocycles. The molecule has 3 nitrogen and oxygen atoms in total. The molecule has 0 aromatic carbocycles. The van der Waals surface area contributed by atoms with Crippen LogP contribution in [-0.4, -0.2) is 60.3 Å². The predicted molar refractivity (Wildman–Crippen MR) is 66.4 cm³/mol. The molecule has 0 aliphatic carbocycles. The van der Waals surface area contributed by atoms with E-state index in [-0.39, 0.29) is 16.9 Å². The molecule has 1 N–H and O–H groups in total. The molecular formula is C13H26N2O. The first-order valence-corrected chi connectivity index (χ1v) is 6.56. The second kappa shape index (κ2) is 3.97. The fourth-order valence-electron chi connectivity index (χ4n) is 3.89. The minimum Gasteiger partial charge on any atom is -0.392 e. The monoisotopic (exact) mass is 226 g/mol. The van der Waals surface area contributed by atoms with Crippen molar-refractivity contribution in [1.82, 2.24) is 9.80 Å². The number of nitrogens with zero attached hydrogens (tertiary/aromatic N) is 2. The lowest BCUT2D eigenvalue weighted by atomic mass is 9.63. The zero-order chi connectivity index (χ0) is 12.0. The third-order valence-electron chi connectivity index (χ3n) is 4.55. The third-order valence-corrected chi connectivity index (χ3v) is 4.55. The lowest BCUT2D eigenvalue weighted by Gasteiger charge is -2.59. The molecule has 2 fully saturated rings. The molecule has 2 bridgehead atoms. The smallest absolute Gasteiger partial charge is 0.0696 e. The van der Waals surface area contributed by atoms with E-state index in [4.69, 9.17) is 0 Å². The van der Waals surface area contributed by atoms with Crippen molar-refractivity contribution < 1.29 is 5.11 Å². The van der Waals surface area contributed by atoms with Crippen LogP contribution in [0.1, 0.15) is 27.7 Å². The van der Waals surface area contributed by atoms with Crippen molar-refractivity contribution in [2.45, 2.75) is 33.8 Å². The number of aliphatic hydroxyl groups excluding tert-OH is 1. The van der Waals surface area contributed by atoms with Gasteiger partial charge in [-0.1, -0.05) is 27.7 Å². The SMILES string of the molecule is CCN1CC2(C)CN(CC)CC(C)(C1)C2O. The molecule has 2 saturated heterocycles. The summed E-state index contributed by atoms with van der Waals surface area (Å²) in [6, 6.07) is 0. The van der Waals surface area contributed by atoms with Crippen LogP contribution in [0.5, 0.6) is 0 Å². The Bertz CT molecular complexity index is 229. The van der Waals surface area contributed by atoms with E-state index in [1.54, 1.807) is 0 Å². The topological polar surface area (TPSA) is 26.7 Å². The lowest BCUT2D eigenvalue weighted by Crippen LogP contribution is -2.70. The van der Waals surface area contributed by atoms with E-state index < -0.39 is 0 Å². The highest BCUT2D eigenvalue weighted by atomic mass is 16.3. The molecule has 0 aromatic heterocycles. The van der Waals surface area contributed by atoms with Gasteiger partial charge in [-0.05, 0) is 13.1 Å². The number of aliphatic hydroxyl groups is 1. The Hall–Kier alpha value is -0.120. The van der Waals surface area contributed by atoms with E-state index in [1.807, 2.05) is 0 Å². The van der Waals surface area contributed by atoms with Crippen molar-refractivity contribution in [1.29, 1.82) is 0 Å². The van der Waals surface area contributed by atoms with Crippen molar-refractivity contribution in [2.24, 2.45) is 10.8 Å². The number of hydrogen-bond donors (Lipinski definition) is 1. The van der Waals surface area contributed by atoms with Crippen molar-refractivity contribution in [2.75, 3.05) is 39.3 Å². The summed E-state index contributed by atoms with van der Waals surface area (Å²) in [4.78, 5) is 5.00. The second-order valence-electron chi connectivity index (χ2n) is 6.32. The standard InChI is InChI=1S/C13H26N2O/c1-5-14-7-12(3)9-15(6-2)10-13(4,8-14)11(12)16/h11,16H,5-10H2,1-4H3. The minimum atomic E-state index is -0.148. The molecule has 0 aromatic rings. The summed E-state index contributed by atoms with van der Waals surface area (Å²) in [5.74, 6) is 0. The van der Waals surface area contributed by atoms with Gasteiger partial charge in [-0.2, -0.15) is 0 Å². The van der Waals surface area contributed by atoms with Crippen LogP contribution < -0.4 is 0 Å². The largest absolute Gasteiger partial charge is 0.392 e. The van der Waals surface area contributed by atoms with Gasteiger partial charge in [-0.3, -0.25) is 0 Å². The Kier molecular flexibility index (Phi) is 3.06. The summed E-state index contributed by atoms with van der Waals surface area (Å²) in [6.07, 6.45) is -0.148. The highest BCUT2D eigenvalue weighted by Gasteiger charge is 2.54. The number of likely N-dealkylation sites (tertiary alicyclic amines) is 2. The van der Waals surface area contributed by atoms with Gasteiger partial charge in [-0.15, -0.1) is 0 Å². The van der Waals surface area contributed by atoms with Crippen molar-refractivity contribution >= 4 is 0 Å². The number of rotatable bonds is 2. The zero-order valence-electron chi connectivity index (χ0n) is 11.2. The molecule has 3 heteroatoms. The zero-order valence-corrected chi connectivity index (χ0v) is 11.2. The maximum absolute atomic E-state index is 10.6. The minimum absolute atomic E-state index is 0.0528. The molecule has 0 saturated carbocycles. The molecule has 0 unspecified atom stereocenters. The average Bonchev–Trinajstić information content (AvgIpc) is 2.22. The van der Waals surface area contributed by atoms with Crippen LogP contribution in [0.4, 0.5) is 0 Å². The van der Waals surface area contributed by atoms with Gasteiger partial charge in [0.25, 0.3) is 0 Å². The first-order chi connectivity index (χ1) is 7.43. The van der Waals surface area contributed by atoms with Crippen molar-refractivity contribution in [3.63, 3.8) is 0 Å². The molecule has 2 rings (SSSR count). The fraction of sp³-hybridized carbons (Fsp3) is 1.00. The number of piperidine rings is 2. The molecule has 0 amide bonds. The highest BCUT2D eigenvalue weighted by molar-refractivity contribution is 5.07. The van der Waals surface area contributed by atoms with Gasteiger partial charge in [0.1, 0.15) is 0 Å². The van der Waals surface area contributed by atoms with Crippen LogP contribution in [0.2, 0.25) is 0 Å². The normalized spacial score (nSPS) is 45.9. The van der Waals surface area contributed by atoms with Crippen LogP contribution in [0.25, 0.3) is 0 Å². The van der Waals surface area contributed by atoms with E-state index >= 15 is 0 Å². The van der Waals surface area contributed by atoms with Gasteiger partial charge >= 0.3 is 0 Å². The van der Waals surface area contributed by atoms with Gasteiger partial charge in [0.05, 0.1) is 6.10 Å². The summed E-state index contributed by atoms with van der Waals surface area (Å²) in [5, 5.41) is 10.6. The predicted octanol–water partition coefficient (Wildman–Crippen LogP) is 1.03. The molecule has 0 spiro atoms. The first kappa shape index (κ1) is 12.3. The quantitative estimate of drug-likeness (QED) is 0.762. The van der Waals surface area contributed by atoms with E-state index in [1.165, 1.54) is 0 Å². The Labute approximate surface area is 99.4 Å². The van der Waals surface area contributed by atoms with E-state index in [0.29, 0.717) is 0 Å². The van der Waals surface area contributed by atoms with Crippen LogP contribution in [0, 0.1) is 10.8 Å². The summed E-state index contributed by atoms with van der Waals surface area (Å²) in [5.41, 5.74) is 0.106. The van der Waals surface area contributed by atoms with Gasteiger partial charge < -0.3 is 14.9 Å². The molecular weight excluding hydrogens is 200 g/mol. The maximum atomic E-state index is 10.6. The molecule has 0 atom stereocenters. The molecule has 2 aliphatic rings. The summed E-state index contributed by atoms with van der Waals surface area (Å²) >= 11 is 0.